The van der Waals surface area contributed by atoms with E-state index in [4.69, 9.17) is 18.6 Å². The van der Waals surface area contributed by atoms with Gasteiger partial charge < -0.3 is 23.5 Å². The van der Waals surface area contributed by atoms with Crippen molar-refractivity contribution in [3.8, 4) is 23.0 Å². The molecular formula is C18H23N3O5S. The zero-order chi connectivity index (χ0) is 19.4. The molecule has 9 heteroatoms. The zero-order valence-electron chi connectivity index (χ0n) is 15.8. The van der Waals surface area contributed by atoms with E-state index in [1.165, 1.54) is 11.8 Å². The first kappa shape index (κ1) is 19.5. The Hall–Kier alpha value is -2.26. The van der Waals surface area contributed by atoms with Gasteiger partial charge in [-0.2, -0.15) is 0 Å². The van der Waals surface area contributed by atoms with E-state index in [1.807, 2.05) is 24.8 Å². The molecule has 146 valence electrons. The Morgan fingerprint density at radius 2 is 1.89 bits per heavy atom. The van der Waals surface area contributed by atoms with Crippen LogP contribution in [0.25, 0.3) is 11.5 Å². The van der Waals surface area contributed by atoms with Gasteiger partial charge in [0.05, 0.1) is 32.2 Å². The van der Waals surface area contributed by atoms with E-state index in [2.05, 4.69) is 10.2 Å². The number of amides is 1. The Kier molecular flexibility index (Phi) is 6.22. The Balaban J connectivity index is 1.62. The summed E-state index contributed by atoms with van der Waals surface area (Å²) in [5.74, 6) is 1.84. The normalized spacial score (nSPS) is 19.8. The number of methoxy groups -OCH3 is 2. The van der Waals surface area contributed by atoms with Gasteiger partial charge >= 0.3 is 0 Å². The highest BCUT2D eigenvalue weighted by molar-refractivity contribution is 7.99. The van der Waals surface area contributed by atoms with Gasteiger partial charge in [-0.15, -0.1) is 10.2 Å². The standard InChI is InChI=1S/C18H23N3O5S/c1-11-8-21(9-12(2)25-11)16(22)10-27-18-20-19-17(26-18)13-5-6-14(23-3)15(7-13)24-4/h5-7,11-12H,8-10H2,1-4H3/t11-,12-/m1/s1. The van der Waals surface area contributed by atoms with Gasteiger partial charge in [0.1, 0.15) is 0 Å². The molecule has 0 radical (unpaired) electrons. The van der Waals surface area contributed by atoms with E-state index in [9.17, 15) is 4.79 Å². The molecule has 3 rings (SSSR count). The minimum absolute atomic E-state index is 0.0351. The third-order valence-corrected chi connectivity index (χ3v) is 4.93. The van der Waals surface area contributed by atoms with Crippen molar-refractivity contribution in [1.29, 1.82) is 0 Å². The van der Waals surface area contributed by atoms with E-state index in [-0.39, 0.29) is 23.9 Å². The minimum atomic E-state index is 0.0351. The van der Waals surface area contributed by atoms with Gasteiger partial charge in [-0.3, -0.25) is 4.79 Å². The SMILES string of the molecule is COc1ccc(-c2nnc(SCC(=O)N3C[C@@H](C)O[C@H](C)C3)o2)cc1OC. The Morgan fingerprint density at radius 1 is 1.19 bits per heavy atom. The van der Waals surface area contributed by atoms with Crippen LogP contribution in [0, 0.1) is 0 Å². The van der Waals surface area contributed by atoms with Gasteiger partial charge in [0.2, 0.25) is 11.8 Å². The van der Waals surface area contributed by atoms with E-state index in [0.717, 1.165) is 0 Å². The lowest BCUT2D eigenvalue weighted by Crippen LogP contribution is -2.48. The average Bonchev–Trinajstić information content (AvgIpc) is 3.13. The summed E-state index contributed by atoms with van der Waals surface area (Å²) in [4.78, 5) is 14.2. The van der Waals surface area contributed by atoms with Gasteiger partial charge in [-0.05, 0) is 32.0 Å². The Labute approximate surface area is 162 Å². The number of hydrogen-bond donors (Lipinski definition) is 0. The van der Waals surface area contributed by atoms with Crippen LogP contribution in [-0.2, 0) is 9.53 Å². The average molecular weight is 393 g/mol. The van der Waals surface area contributed by atoms with Crippen molar-refractivity contribution < 1.29 is 23.4 Å². The summed E-state index contributed by atoms with van der Waals surface area (Å²) in [6.45, 7) is 5.14. The number of ether oxygens (including phenoxy) is 3. The summed E-state index contributed by atoms with van der Waals surface area (Å²) in [6, 6.07) is 5.35. The Morgan fingerprint density at radius 3 is 2.56 bits per heavy atom. The highest BCUT2D eigenvalue weighted by Gasteiger charge is 2.26. The maximum absolute atomic E-state index is 12.4. The predicted molar refractivity (Wildman–Crippen MR) is 100 cm³/mol. The molecule has 1 fully saturated rings. The molecule has 0 spiro atoms. The monoisotopic (exact) mass is 393 g/mol. The molecule has 1 amide bonds. The number of carbonyl (C=O) groups is 1. The lowest BCUT2D eigenvalue weighted by atomic mass is 10.2. The topological polar surface area (TPSA) is 86.9 Å². The van der Waals surface area contributed by atoms with Gasteiger partial charge in [0.15, 0.2) is 11.5 Å². The number of rotatable bonds is 6. The maximum Gasteiger partial charge on any atom is 0.277 e. The summed E-state index contributed by atoms with van der Waals surface area (Å²) in [6.07, 6.45) is 0.0884. The van der Waals surface area contributed by atoms with E-state index >= 15 is 0 Å². The smallest absolute Gasteiger partial charge is 0.277 e. The molecule has 1 saturated heterocycles. The first-order valence-electron chi connectivity index (χ1n) is 8.62. The van der Waals surface area contributed by atoms with Crippen molar-refractivity contribution in [2.45, 2.75) is 31.3 Å². The summed E-state index contributed by atoms with van der Waals surface area (Å²) in [7, 11) is 3.14. The molecule has 0 saturated carbocycles. The predicted octanol–water partition coefficient (Wildman–Crippen LogP) is 2.48. The highest BCUT2D eigenvalue weighted by Crippen LogP contribution is 2.32. The molecule has 1 aromatic carbocycles. The van der Waals surface area contributed by atoms with Gasteiger partial charge in [-0.25, -0.2) is 0 Å². The van der Waals surface area contributed by atoms with E-state index < -0.39 is 0 Å². The fraction of sp³-hybridized carbons (Fsp3) is 0.500. The lowest BCUT2D eigenvalue weighted by molar-refractivity contribution is -0.140. The number of benzene rings is 1. The van der Waals surface area contributed by atoms with Crippen LogP contribution in [0.1, 0.15) is 13.8 Å². The molecule has 2 atom stereocenters. The van der Waals surface area contributed by atoms with Crippen LogP contribution < -0.4 is 9.47 Å². The summed E-state index contributed by atoms with van der Waals surface area (Å²) < 4.78 is 21.8. The fourth-order valence-corrected chi connectivity index (χ4v) is 3.62. The number of hydrogen-bond acceptors (Lipinski definition) is 8. The van der Waals surface area contributed by atoms with Crippen molar-refractivity contribution in [1.82, 2.24) is 15.1 Å². The number of morpholine rings is 1. The van der Waals surface area contributed by atoms with Crippen molar-refractivity contribution in [3.05, 3.63) is 18.2 Å². The van der Waals surface area contributed by atoms with Crippen molar-refractivity contribution in [2.24, 2.45) is 0 Å². The zero-order valence-corrected chi connectivity index (χ0v) is 16.6. The molecule has 0 bridgehead atoms. The third kappa shape index (κ3) is 4.72. The van der Waals surface area contributed by atoms with Crippen LogP contribution in [0.15, 0.2) is 27.8 Å². The van der Waals surface area contributed by atoms with Crippen molar-refractivity contribution in [3.63, 3.8) is 0 Å². The fourth-order valence-electron chi connectivity index (χ4n) is 2.95. The van der Waals surface area contributed by atoms with E-state index in [1.54, 1.807) is 26.4 Å². The lowest BCUT2D eigenvalue weighted by Gasteiger charge is -2.35. The summed E-state index contributed by atoms with van der Waals surface area (Å²) in [5.41, 5.74) is 0.717. The second-order valence-electron chi connectivity index (χ2n) is 6.29. The molecule has 2 aromatic rings. The minimum Gasteiger partial charge on any atom is -0.493 e. The van der Waals surface area contributed by atoms with Gasteiger partial charge in [0.25, 0.3) is 5.22 Å². The molecule has 0 unspecified atom stereocenters. The quantitative estimate of drug-likeness (QED) is 0.692. The second kappa shape index (κ2) is 8.62. The summed E-state index contributed by atoms with van der Waals surface area (Å²) in [5, 5.41) is 8.42. The molecule has 8 nitrogen and oxygen atoms in total. The molecule has 2 heterocycles. The van der Waals surface area contributed by atoms with Crippen LogP contribution in [-0.4, -0.2) is 66.3 Å². The van der Waals surface area contributed by atoms with Gasteiger partial charge in [-0.1, -0.05) is 11.8 Å². The van der Waals surface area contributed by atoms with Crippen LogP contribution in [0.3, 0.4) is 0 Å². The molecule has 0 N–H and O–H groups in total. The molecule has 1 aliphatic rings. The van der Waals surface area contributed by atoms with E-state index in [0.29, 0.717) is 41.3 Å². The number of nitrogens with zero attached hydrogens (tertiary/aromatic N) is 3. The third-order valence-electron chi connectivity index (χ3n) is 4.13. The van der Waals surface area contributed by atoms with Crippen LogP contribution in [0.4, 0.5) is 0 Å². The first-order chi connectivity index (χ1) is 13.0. The summed E-state index contributed by atoms with van der Waals surface area (Å²) >= 11 is 1.23. The first-order valence-corrected chi connectivity index (χ1v) is 9.60. The van der Waals surface area contributed by atoms with Crippen LogP contribution >= 0.6 is 11.8 Å². The molecule has 0 aliphatic carbocycles. The van der Waals surface area contributed by atoms with Crippen molar-refractivity contribution in [2.75, 3.05) is 33.1 Å². The molecule has 27 heavy (non-hydrogen) atoms. The molecule has 1 aromatic heterocycles. The van der Waals surface area contributed by atoms with Gasteiger partial charge in [0, 0.05) is 18.7 Å². The number of thioether (sulfide) groups is 1. The Bertz CT molecular complexity index is 787. The van der Waals surface area contributed by atoms with Crippen molar-refractivity contribution >= 4 is 17.7 Å². The second-order valence-corrected chi connectivity index (χ2v) is 7.21. The maximum atomic E-state index is 12.4. The van der Waals surface area contributed by atoms with Crippen LogP contribution in [0.2, 0.25) is 0 Å². The number of carbonyl (C=O) groups excluding carboxylic acids is 1. The highest BCUT2D eigenvalue weighted by atomic mass is 32.2. The largest absolute Gasteiger partial charge is 0.493 e. The molecular weight excluding hydrogens is 370 g/mol. The molecule has 1 aliphatic heterocycles. The number of aromatic nitrogens is 2. The van der Waals surface area contributed by atoms with Crippen LogP contribution in [0.5, 0.6) is 11.5 Å².